The van der Waals surface area contributed by atoms with Crippen LogP contribution in [0.3, 0.4) is 0 Å². The first-order chi connectivity index (χ1) is 11.6. The van der Waals surface area contributed by atoms with Gasteiger partial charge in [-0.1, -0.05) is 50.2 Å². The Balaban J connectivity index is 2.00. The molecule has 24 heavy (non-hydrogen) atoms. The Hall–Kier alpha value is -2.74. The first-order valence-electron chi connectivity index (χ1n) is 8.36. The zero-order chi connectivity index (χ0) is 16.5. The number of aryl methyl sites for hydroxylation is 1. The second-order valence-electron chi connectivity index (χ2n) is 7.27. The van der Waals surface area contributed by atoms with E-state index in [1.165, 1.54) is 27.5 Å². The second kappa shape index (κ2) is 4.41. The highest BCUT2D eigenvalue weighted by Gasteiger charge is 2.34. The van der Waals surface area contributed by atoms with E-state index in [0.29, 0.717) is 0 Å². The van der Waals surface area contributed by atoms with Crippen molar-refractivity contribution in [2.45, 2.75) is 26.2 Å². The van der Waals surface area contributed by atoms with E-state index in [1.54, 1.807) is 0 Å². The lowest BCUT2D eigenvalue weighted by atomic mass is 9.70. The first-order valence-corrected chi connectivity index (χ1v) is 8.36. The van der Waals surface area contributed by atoms with Crippen LogP contribution in [0.4, 0.5) is 0 Å². The molecule has 0 bridgehead atoms. The number of pyridine rings is 2. The molecule has 1 aliphatic carbocycles. The lowest BCUT2D eigenvalue weighted by Crippen LogP contribution is -2.24. The van der Waals surface area contributed by atoms with Gasteiger partial charge in [0.1, 0.15) is 0 Å². The minimum absolute atomic E-state index is 0.0864. The predicted molar refractivity (Wildman–Crippen MR) is 99.3 cm³/mol. The Morgan fingerprint density at radius 2 is 1.67 bits per heavy atom. The van der Waals surface area contributed by atoms with Gasteiger partial charge in [-0.2, -0.15) is 0 Å². The molecule has 0 fully saturated rings. The third-order valence-electron chi connectivity index (χ3n) is 5.31. The summed E-state index contributed by atoms with van der Waals surface area (Å²) in [7, 11) is 0. The molecule has 0 N–H and O–H groups in total. The zero-order valence-electron chi connectivity index (χ0n) is 14.1. The smallest absolute Gasteiger partial charge is 0.0897 e. The highest BCUT2D eigenvalue weighted by atomic mass is 14.8. The monoisotopic (exact) mass is 310 g/mol. The van der Waals surface area contributed by atoms with Crippen LogP contribution in [0.15, 0.2) is 54.7 Å². The van der Waals surface area contributed by atoms with E-state index in [9.17, 15) is 0 Å². The van der Waals surface area contributed by atoms with Crippen LogP contribution in [0.5, 0.6) is 0 Å². The third-order valence-corrected chi connectivity index (χ3v) is 5.31. The van der Waals surface area contributed by atoms with Gasteiger partial charge < -0.3 is 0 Å². The summed E-state index contributed by atoms with van der Waals surface area (Å²) in [5.74, 6) is 0. The predicted octanol–water partition coefficient (Wildman–Crippen LogP) is 5.40. The van der Waals surface area contributed by atoms with Gasteiger partial charge in [-0.05, 0) is 46.5 Å². The Bertz CT molecular complexity index is 1130. The summed E-state index contributed by atoms with van der Waals surface area (Å²) in [5.41, 5.74) is 7.97. The van der Waals surface area contributed by atoms with Crippen LogP contribution in [0.25, 0.3) is 33.1 Å². The Morgan fingerprint density at radius 3 is 2.50 bits per heavy atom. The van der Waals surface area contributed by atoms with Gasteiger partial charge in [0.2, 0.25) is 0 Å². The van der Waals surface area contributed by atoms with Gasteiger partial charge in [-0.3, -0.25) is 4.98 Å². The molecular weight excluding hydrogens is 292 g/mol. The number of hydrogen-bond donors (Lipinski definition) is 0. The summed E-state index contributed by atoms with van der Waals surface area (Å²) in [6, 6.07) is 17.5. The van der Waals surface area contributed by atoms with E-state index in [2.05, 4.69) is 74.3 Å². The molecule has 0 atom stereocenters. The largest absolute Gasteiger partial charge is 0.254 e. The summed E-state index contributed by atoms with van der Waals surface area (Å²) in [4.78, 5) is 9.63. The highest BCUT2D eigenvalue weighted by Crippen LogP contribution is 2.48. The van der Waals surface area contributed by atoms with Crippen LogP contribution in [-0.2, 0) is 5.41 Å². The SMILES string of the molecule is Cc1cnc2cc3c(nc2c1)-c1cccc2cccc(c12)C3(C)C. The van der Waals surface area contributed by atoms with E-state index >= 15 is 0 Å². The molecule has 2 nitrogen and oxygen atoms in total. The molecule has 4 aromatic rings. The normalized spacial score (nSPS) is 14.8. The molecule has 0 aliphatic heterocycles. The molecule has 0 spiro atoms. The Morgan fingerprint density at radius 1 is 0.875 bits per heavy atom. The van der Waals surface area contributed by atoms with E-state index in [1.807, 2.05) is 6.20 Å². The van der Waals surface area contributed by atoms with Crippen molar-refractivity contribution in [2.24, 2.45) is 0 Å². The molecule has 2 heterocycles. The van der Waals surface area contributed by atoms with Crippen LogP contribution < -0.4 is 0 Å². The topological polar surface area (TPSA) is 25.8 Å². The van der Waals surface area contributed by atoms with Gasteiger partial charge in [0.15, 0.2) is 0 Å². The van der Waals surface area contributed by atoms with Crippen LogP contribution in [0.1, 0.15) is 30.5 Å². The van der Waals surface area contributed by atoms with E-state index < -0.39 is 0 Å². The average molecular weight is 310 g/mol. The maximum atomic E-state index is 5.03. The van der Waals surface area contributed by atoms with E-state index in [-0.39, 0.29) is 5.41 Å². The number of aromatic nitrogens is 2. The zero-order valence-corrected chi connectivity index (χ0v) is 14.1. The number of fused-ring (bicyclic) bond motifs is 3. The molecular formula is C22H18N2. The van der Waals surface area contributed by atoms with Gasteiger partial charge in [0.05, 0.1) is 16.7 Å². The highest BCUT2D eigenvalue weighted by molar-refractivity contribution is 6.03. The van der Waals surface area contributed by atoms with Crippen molar-refractivity contribution in [1.82, 2.24) is 9.97 Å². The second-order valence-corrected chi connectivity index (χ2v) is 7.27. The van der Waals surface area contributed by atoms with Crippen molar-refractivity contribution in [3.8, 4) is 11.3 Å². The fourth-order valence-corrected chi connectivity index (χ4v) is 4.04. The maximum Gasteiger partial charge on any atom is 0.0897 e. The molecule has 0 unspecified atom stereocenters. The number of rotatable bonds is 0. The van der Waals surface area contributed by atoms with Gasteiger partial charge in [-0.15, -0.1) is 0 Å². The lowest BCUT2D eigenvalue weighted by molar-refractivity contribution is 0.643. The molecule has 2 heteroatoms. The van der Waals surface area contributed by atoms with Gasteiger partial charge >= 0.3 is 0 Å². The summed E-state index contributed by atoms with van der Waals surface area (Å²) < 4.78 is 0. The minimum Gasteiger partial charge on any atom is -0.254 e. The summed E-state index contributed by atoms with van der Waals surface area (Å²) in [6.45, 7) is 6.64. The molecule has 2 aromatic carbocycles. The molecule has 0 radical (unpaired) electrons. The maximum absolute atomic E-state index is 5.03. The minimum atomic E-state index is -0.0864. The molecule has 116 valence electrons. The van der Waals surface area contributed by atoms with E-state index in [0.717, 1.165) is 22.3 Å². The fourth-order valence-electron chi connectivity index (χ4n) is 4.04. The molecule has 2 aromatic heterocycles. The quantitative estimate of drug-likeness (QED) is 0.435. The van der Waals surface area contributed by atoms with Crippen molar-refractivity contribution < 1.29 is 0 Å². The average Bonchev–Trinajstić information content (AvgIpc) is 2.58. The first kappa shape index (κ1) is 13.7. The Kier molecular flexibility index (Phi) is 2.52. The number of hydrogen-bond acceptors (Lipinski definition) is 2. The molecule has 5 rings (SSSR count). The van der Waals surface area contributed by atoms with Crippen molar-refractivity contribution in [3.63, 3.8) is 0 Å². The lowest BCUT2D eigenvalue weighted by Gasteiger charge is -2.34. The standard InChI is InChI=1S/C22H18N2/c1-13-10-19-18(23-12-13)11-17-21(24-19)15-8-4-6-14-7-5-9-16(20(14)15)22(17,2)3/h4-12H,1-3H3. The summed E-state index contributed by atoms with van der Waals surface area (Å²) in [6.07, 6.45) is 1.92. The molecule has 0 saturated carbocycles. The Labute approximate surface area is 141 Å². The molecule has 0 amide bonds. The van der Waals surface area contributed by atoms with Gasteiger partial charge in [-0.25, -0.2) is 4.98 Å². The van der Waals surface area contributed by atoms with Crippen molar-refractivity contribution in [2.75, 3.05) is 0 Å². The van der Waals surface area contributed by atoms with Crippen LogP contribution in [0, 0.1) is 6.92 Å². The van der Waals surface area contributed by atoms with Gasteiger partial charge in [0.25, 0.3) is 0 Å². The summed E-state index contributed by atoms with van der Waals surface area (Å²) in [5, 5.41) is 2.62. The van der Waals surface area contributed by atoms with Crippen LogP contribution in [0.2, 0.25) is 0 Å². The fraction of sp³-hybridized carbons (Fsp3) is 0.182. The van der Waals surface area contributed by atoms with Gasteiger partial charge in [0, 0.05) is 17.2 Å². The molecule has 0 saturated heterocycles. The van der Waals surface area contributed by atoms with Crippen molar-refractivity contribution in [3.05, 3.63) is 71.4 Å². The van der Waals surface area contributed by atoms with Crippen molar-refractivity contribution >= 4 is 21.8 Å². The third kappa shape index (κ3) is 1.66. The number of benzene rings is 2. The van der Waals surface area contributed by atoms with E-state index in [4.69, 9.17) is 4.98 Å². The van der Waals surface area contributed by atoms with Crippen molar-refractivity contribution in [1.29, 1.82) is 0 Å². The van der Waals surface area contributed by atoms with Crippen LogP contribution in [-0.4, -0.2) is 9.97 Å². The van der Waals surface area contributed by atoms with Crippen LogP contribution >= 0.6 is 0 Å². The number of nitrogens with zero attached hydrogens (tertiary/aromatic N) is 2. The molecule has 1 aliphatic rings. The summed E-state index contributed by atoms with van der Waals surface area (Å²) >= 11 is 0.